The van der Waals surface area contributed by atoms with Gasteiger partial charge in [0.2, 0.25) is 0 Å². The monoisotopic (exact) mass is 376 g/mol. The zero-order valence-corrected chi connectivity index (χ0v) is 10.3. The highest BCUT2D eigenvalue weighted by Gasteiger charge is 2.90. The molecule has 0 spiro atoms. The Kier molecular flexibility index (Phi) is 5.28. The Hall–Kier alpha value is -1.37. The van der Waals surface area contributed by atoms with Crippen LogP contribution >= 0.6 is 0 Å². The number of halogens is 13. The molecule has 0 aliphatic rings. The molecule has 0 saturated heterocycles. The predicted molar refractivity (Wildman–Crippen MR) is 46.9 cm³/mol. The van der Waals surface area contributed by atoms with Gasteiger partial charge in [-0.15, -0.1) is 0 Å². The summed E-state index contributed by atoms with van der Waals surface area (Å²) in [4.78, 5) is 0. The molecule has 0 aromatic carbocycles. The molecule has 0 unspecified atom stereocenters. The van der Waals surface area contributed by atoms with Crippen molar-refractivity contribution in [3.8, 4) is 0 Å². The molecule has 0 rings (SSSR count). The molecule has 0 N–H and O–H groups in total. The fraction of sp³-hybridized carbons (Fsp3) is 0.778. The average Bonchev–Trinajstić information content (AvgIpc) is 2.34. The van der Waals surface area contributed by atoms with Crippen LogP contribution in [0.4, 0.5) is 57.1 Å². The van der Waals surface area contributed by atoms with Gasteiger partial charge < -0.3 is 4.74 Å². The van der Waals surface area contributed by atoms with Gasteiger partial charge in [0, 0.05) is 0 Å². The highest BCUT2D eigenvalue weighted by molar-refractivity contribution is 5.10. The summed E-state index contributed by atoms with van der Waals surface area (Å²) >= 11 is 0. The fourth-order valence-corrected chi connectivity index (χ4v) is 1.06. The van der Waals surface area contributed by atoms with Gasteiger partial charge in [-0.05, 0) is 0 Å². The summed E-state index contributed by atoms with van der Waals surface area (Å²) in [6.07, 6.45) is -7.42. The van der Waals surface area contributed by atoms with Crippen molar-refractivity contribution in [2.45, 2.75) is 35.8 Å². The molecule has 0 radical (unpaired) electrons. The molecule has 0 saturated carbocycles. The second-order valence-corrected chi connectivity index (χ2v) is 3.98. The Morgan fingerprint density at radius 3 is 1.26 bits per heavy atom. The molecule has 0 aliphatic carbocycles. The number of ether oxygens (including phenoxy) is 1. The summed E-state index contributed by atoms with van der Waals surface area (Å²) in [6, 6.07) is 0. The SMILES string of the molecule is C=COCC(F)(F)C(F)(F)C(F)(F)C(F)(F)C(F)(F)C(F)(F)F. The van der Waals surface area contributed by atoms with Crippen LogP contribution in [0.25, 0.3) is 0 Å². The third-order valence-corrected chi connectivity index (χ3v) is 2.38. The van der Waals surface area contributed by atoms with Crippen molar-refractivity contribution in [1.29, 1.82) is 0 Å². The van der Waals surface area contributed by atoms with Crippen LogP contribution in [0.15, 0.2) is 12.8 Å². The minimum absolute atomic E-state index is 0.00933. The van der Waals surface area contributed by atoms with Gasteiger partial charge in [0.25, 0.3) is 0 Å². The largest absolute Gasteiger partial charge is 0.495 e. The van der Waals surface area contributed by atoms with E-state index in [2.05, 4.69) is 11.3 Å². The van der Waals surface area contributed by atoms with E-state index in [9.17, 15) is 57.1 Å². The van der Waals surface area contributed by atoms with E-state index in [1.165, 1.54) is 0 Å². The van der Waals surface area contributed by atoms with E-state index < -0.39 is 42.4 Å². The highest BCUT2D eigenvalue weighted by Crippen LogP contribution is 2.60. The van der Waals surface area contributed by atoms with Crippen LogP contribution in [0.5, 0.6) is 0 Å². The lowest BCUT2D eigenvalue weighted by Gasteiger charge is -2.39. The normalized spacial score (nSPS) is 15.5. The van der Waals surface area contributed by atoms with Crippen LogP contribution in [0.3, 0.4) is 0 Å². The summed E-state index contributed by atoms with van der Waals surface area (Å²) in [5.74, 6) is -36.9. The molecule has 138 valence electrons. The molecule has 0 fully saturated rings. The van der Waals surface area contributed by atoms with Crippen molar-refractivity contribution >= 4 is 0 Å². The summed E-state index contributed by atoms with van der Waals surface area (Å²) in [7, 11) is 0. The molecule has 0 heterocycles. The van der Waals surface area contributed by atoms with Crippen LogP contribution in [0.2, 0.25) is 0 Å². The molecule has 0 amide bonds. The number of alkyl halides is 13. The Labute approximate surface area is 118 Å². The first-order valence-corrected chi connectivity index (χ1v) is 4.99. The molecular weight excluding hydrogens is 371 g/mol. The molecule has 1 nitrogen and oxygen atoms in total. The van der Waals surface area contributed by atoms with Crippen LogP contribution in [0.1, 0.15) is 0 Å². The standard InChI is InChI=1S/C9H5F13O/c1-2-23-3-4(10,11)5(12,13)6(14,15)7(16,17)8(18,19)9(20,21)22/h2H,1,3H2. The number of hydrogen-bond donors (Lipinski definition) is 0. The minimum atomic E-state index is -7.89. The first-order chi connectivity index (χ1) is 9.81. The number of hydrogen-bond acceptors (Lipinski definition) is 1. The molecule has 0 aromatic rings. The minimum Gasteiger partial charge on any atom is -0.495 e. The van der Waals surface area contributed by atoms with Gasteiger partial charge in [-0.1, -0.05) is 6.58 Å². The van der Waals surface area contributed by atoms with Crippen LogP contribution in [-0.2, 0) is 4.74 Å². The van der Waals surface area contributed by atoms with E-state index in [4.69, 9.17) is 0 Å². The Balaban J connectivity index is 6.08. The van der Waals surface area contributed by atoms with E-state index >= 15 is 0 Å². The molecule has 0 atom stereocenters. The highest BCUT2D eigenvalue weighted by atomic mass is 19.4. The van der Waals surface area contributed by atoms with E-state index in [0.29, 0.717) is 0 Å². The van der Waals surface area contributed by atoms with Crippen LogP contribution < -0.4 is 0 Å². The van der Waals surface area contributed by atoms with Gasteiger partial charge in [-0.3, -0.25) is 0 Å². The lowest BCUT2D eigenvalue weighted by molar-refractivity contribution is -0.441. The van der Waals surface area contributed by atoms with Crippen molar-refractivity contribution < 1.29 is 61.8 Å². The molecular formula is C9H5F13O. The maximum absolute atomic E-state index is 12.9. The summed E-state index contributed by atoms with van der Waals surface area (Å²) < 4.78 is 166. The summed E-state index contributed by atoms with van der Waals surface area (Å²) in [5, 5.41) is 0. The molecule has 14 heteroatoms. The van der Waals surface area contributed by atoms with Crippen molar-refractivity contribution in [2.24, 2.45) is 0 Å². The number of rotatable bonds is 7. The molecule has 0 bridgehead atoms. The maximum atomic E-state index is 12.9. The van der Waals surface area contributed by atoms with Gasteiger partial charge in [0.05, 0.1) is 6.26 Å². The van der Waals surface area contributed by atoms with Gasteiger partial charge >= 0.3 is 35.8 Å². The van der Waals surface area contributed by atoms with E-state index in [1.54, 1.807) is 0 Å². The van der Waals surface area contributed by atoms with Crippen LogP contribution in [-0.4, -0.2) is 42.4 Å². The van der Waals surface area contributed by atoms with E-state index in [-0.39, 0.29) is 6.26 Å². The first-order valence-electron chi connectivity index (χ1n) is 4.99. The van der Waals surface area contributed by atoms with Gasteiger partial charge in [-0.2, -0.15) is 57.1 Å². The van der Waals surface area contributed by atoms with Crippen molar-refractivity contribution in [3.05, 3.63) is 12.8 Å². The third-order valence-electron chi connectivity index (χ3n) is 2.38. The van der Waals surface area contributed by atoms with E-state index in [0.717, 1.165) is 0 Å². The predicted octanol–water partition coefficient (Wildman–Crippen LogP) is 4.89. The van der Waals surface area contributed by atoms with Crippen molar-refractivity contribution in [1.82, 2.24) is 0 Å². The maximum Gasteiger partial charge on any atom is 0.460 e. The van der Waals surface area contributed by atoms with Crippen molar-refractivity contribution in [2.75, 3.05) is 6.61 Å². The zero-order valence-electron chi connectivity index (χ0n) is 10.3. The third kappa shape index (κ3) is 3.03. The van der Waals surface area contributed by atoms with Crippen LogP contribution in [0, 0.1) is 0 Å². The topological polar surface area (TPSA) is 9.23 Å². The Bertz CT molecular complexity index is 435. The fourth-order valence-electron chi connectivity index (χ4n) is 1.06. The van der Waals surface area contributed by atoms with Gasteiger partial charge in [0.15, 0.2) is 6.61 Å². The Morgan fingerprint density at radius 2 is 0.957 bits per heavy atom. The molecule has 0 aromatic heterocycles. The summed E-state index contributed by atoms with van der Waals surface area (Å²) in [5.41, 5.74) is 0. The lowest BCUT2D eigenvalue weighted by Crippen LogP contribution is -2.70. The molecule has 23 heavy (non-hydrogen) atoms. The van der Waals surface area contributed by atoms with Gasteiger partial charge in [-0.25, -0.2) is 0 Å². The second-order valence-electron chi connectivity index (χ2n) is 3.98. The average molecular weight is 376 g/mol. The van der Waals surface area contributed by atoms with Gasteiger partial charge in [0.1, 0.15) is 0 Å². The smallest absolute Gasteiger partial charge is 0.460 e. The summed E-state index contributed by atoms with van der Waals surface area (Å²) in [6.45, 7) is -0.206. The Morgan fingerprint density at radius 1 is 0.609 bits per heavy atom. The lowest BCUT2D eigenvalue weighted by atomic mass is 9.94. The van der Waals surface area contributed by atoms with Crippen molar-refractivity contribution in [3.63, 3.8) is 0 Å². The quantitative estimate of drug-likeness (QED) is 0.455. The molecule has 0 aliphatic heterocycles. The zero-order chi connectivity index (χ0) is 19.1. The second kappa shape index (κ2) is 5.61. The first kappa shape index (κ1) is 21.6. The van der Waals surface area contributed by atoms with E-state index in [1.807, 2.05) is 0 Å².